The molecule has 0 aromatic heterocycles. The Hall–Kier alpha value is -0.0800. The fourth-order valence-electron chi connectivity index (χ4n) is 2.23. The summed E-state index contributed by atoms with van der Waals surface area (Å²) in [5.41, 5.74) is 0. The molecule has 13 heavy (non-hydrogen) atoms. The molecule has 1 atom stereocenters. The second-order valence-corrected chi connectivity index (χ2v) is 4.07. The number of nitrogens with zero attached hydrogens (tertiary/aromatic N) is 1. The molecule has 0 aromatic rings. The zero-order valence-electron chi connectivity index (χ0n) is 9.18. The Morgan fingerprint density at radius 1 is 1.15 bits per heavy atom. The Labute approximate surface area is 82.7 Å². The number of rotatable bonds is 4. The smallest absolute Gasteiger partial charge is 0.0217 e. The number of hydrogen-bond donors (Lipinski definition) is 1. The average molecular weight is 184 g/mol. The zero-order valence-corrected chi connectivity index (χ0v) is 9.18. The second kappa shape index (κ2) is 6.39. The summed E-state index contributed by atoms with van der Waals surface area (Å²) in [6.45, 7) is 6.09. The van der Waals surface area contributed by atoms with Gasteiger partial charge in [0.2, 0.25) is 0 Å². The van der Waals surface area contributed by atoms with Crippen molar-refractivity contribution in [3.8, 4) is 0 Å². The van der Waals surface area contributed by atoms with Crippen molar-refractivity contribution in [1.29, 1.82) is 0 Å². The van der Waals surface area contributed by atoms with Crippen molar-refractivity contribution in [3.05, 3.63) is 0 Å². The lowest BCUT2D eigenvalue weighted by Gasteiger charge is -2.29. The fourth-order valence-corrected chi connectivity index (χ4v) is 2.23. The highest BCUT2D eigenvalue weighted by Crippen LogP contribution is 2.13. The summed E-state index contributed by atoms with van der Waals surface area (Å²) >= 11 is 0. The summed E-state index contributed by atoms with van der Waals surface area (Å²) in [5, 5.41) is 3.29. The molecule has 78 valence electrons. The Kier molecular flexibility index (Phi) is 5.40. The van der Waals surface area contributed by atoms with Crippen LogP contribution in [-0.4, -0.2) is 37.6 Å². The van der Waals surface area contributed by atoms with Crippen LogP contribution in [-0.2, 0) is 0 Å². The van der Waals surface area contributed by atoms with Gasteiger partial charge in [-0.1, -0.05) is 19.8 Å². The number of likely N-dealkylation sites (N-methyl/N-ethyl adjacent to an activating group) is 1. The van der Waals surface area contributed by atoms with Crippen LogP contribution in [0.15, 0.2) is 0 Å². The minimum absolute atomic E-state index is 0.767. The van der Waals surface area contributed by atoms with E-state index >= 15 is 0 Å². The Balaban J connectivity index is 2.35. The lowest BCUT2D eigenvalue weighted by atomic mass is 10.2. The predicted molar refractivity (Wildman–Crippen MR) is 58.0 cm³/mol. The van der Waals surface area contributed by atoms with Gasteiger partial charge in [-0.2, -0.15) is 0 Å². The van der Waals surface area contributed by atoms with Crippen molar-refractivity contribution in [1.82, 2.24) is 10.2 Å². The molecule has 1 aliphatic heterocycles. The molecular weight excluding hydrogens is 160 g/mol. The highest BCUT2D eigenvalue weighted by molar-refractivity contribution is 4.74. The maximum atomic E-state index is 3.29. The van der Waals surface area contributed by atoms with E-state index in [1.807, 2.05) is 0 Å². The monoisotopic (exact) mass is 184 g/mol. The second-order valence-electron chi connectivity index (χ2n) is 4.07. The van der Waals surface area contributed by atoms with E-state index in [2.05, 4.69) is 24.2 Å². The van der Waals surface area contributed by atoms with Crippen LogP contribution in [0.2, 0.25) is 0 Å². The zero-order chi connectivity index (χ0) is 9.52. The minimum atomic E-state index is 0.767. The van der Waals surface area contributed by atoms with Gasteiger partial charge in [0.1, 0.15) is 0 Å². The molecule has 0 saturated carbocycles. The lowest BCUT2D eigenvalue weighted by Crippen LogP contribution is -2.41. The van der Waals surface area contributed by atoms with Crippen molar-refractivity contribution in [2.75, 3.05) is 26.7 Å². The predicted octanol–water partition coefficient (Wildman–Crippen LogP) is 1.86. The lowest BCUT2D eigenvalue weighted by molar-refractivity contribution is 0.196. The van der Waals surface area contributed by atoms with Crippen LogP contribution < -0.4 is 5.32 Å². The van der Waals surface area contributed by atoms with E-state index in [-0.39, 0.29) is 0 Å². The first-order valence-corrected chi connectivity index (χ1v) is 5.77. The van der Waals surface area contributed by atoms with Crippen LogP contribution in [0.4, 0.5) is 0 Å². The highest BCUT2D eigenvalue weighted by Gasteiger charge is 2.16. The van der Waals surface area contributed by atoms with Crippen molar-refractivity contribution >= 4 is 0 Å². The average Bonchev–Trinajstić information content (AvgIpc) is 2.42. The molecule has 1 N–H and O–H groups in total. The van der Waals surface area contributed by atoms with E-state index in [0.717, 1.165) is 12.6 Å². The summed E-state index contributed by atoms with van der Waals surface area (Å²) in [5.74, 6) is 0. The third-order valence-electron chi connectivity index (χ3n) is 3.07. The van der Waals surface area contributed by atoms with Crippen molar-refractivity contribution in [3.63, 3.8) is 0 Å². The van der Waals surface area contributed by atoms with Gasteiger partial charge < -0.3 is 5.32 Å². The molecule has 1 rings (SSSR count). The first-order valence-electron chi connectivity index (χ1n) is 5.77. The largest absolute Gasteiger partial charge is 0.318 e. The van der Waals surface area contributed by atoms with E-state index in [1.165, 1.54) is 45.2 Å². The summed E-state index contributed by atoms with van der Waals surface area (Å²) in [7, 11) is 2.06. The molecule has 0 aromatic carbocycles. The minimum Gasteiger partial charge on any atom is -0.318 e. The first-order chi connectivity index (χ1) is 6.38. The van der Waals surface area contributed by atoms with E-state index in [1.54, 1.807) is 0 Å². The van der Waals surface area contributed by atoms with Gasteiger partial charge in [0, 0.05) is 12.6 Å². The normalized spacial score (nSPS) is 22.6. The molecule has 0 amide bonds. The van der Waals surface area contributed by atoms with Crippen LogP contribution >= 0.6 is 0 Å². The molecule has 2 nitrogen and oxygen atoms in total. The topological polar surface area (TPSA) is 15.3 Å². The van der Waals surface area contributed by atoms with Gasteiger partial charge in [0.15, 0.2) is 0 Å². The van der Waals surface area contributed by atoms with Gasteiger partial charge in [-0.05, 0) is 39.4 Å². The Morgan fingerprint density at radius 3 is 2.23 bits per heavy atom. The maximum absolute atomic E-state index is 3.29. The highest BCUT2D eigenvalue weighted by atomic mass is 15.2. The van der Waals surface area contributed by atoms with Crippen LogP contribution in [0, 0.1) is 0 Å². The van der Waals surface area contributed by atoms with E-state index in [9.17, 15) is 0 Å². The molecule has 0 radical (unpaired) electrons. The number of hydrogen-bond acceptors (Lipinski definition) is 2. The van der Waals surface area contributed by atoms with E-state index in [0.29, 0.717) is 0 Å². The summed E-state index contributed by atoms with van der Waals surface area (Å²) in [4.78, 5) is 2.67. The number of nitrogens with one attached hydrogen (secondary N) is 1. The van der Waals surface area contributed by atoms with Crippen LogP contribution in [0.3, 0.4) is 0 Å². The summed E-state index contributed by atoms with van der Waals surface area (Å²) in [6, 6.07) is 0.767. The standard InChI is InChI=1S/C11H24N2/c1-3-11(10-12-2)13-8-6-4-5-7-9-13/h11-12H,3-10H2,1-2H3. The van der Waals surface area contributed by atoms with Crippen molar-refractivity contribution in [2.24, 2.45) is 0 Å². The van der Waals surface area contributed by atoms with Gasteiger partial charge in [0.05, 0.1) is 0 Å². The maximum Gasteiger partial charge on any atom is 0.0217 e. The van der Waals surface area contributed by atoms with Gasteiger partial charge in [0.25, 0.3) is 0 Å². The third-order valence-corrected chi connectivity index (χ3v) is 3.07. The molecule has 1 heterocycles. The summed E-state index contributed by atoms with van der Waals surface area (Å²) < 4.78 is 0. The number of likely N-dealkylation sites (tertiary alicyclic amines) is 1. The molecule has 0 bridgehead atoms. The van der Waals surface area contributed by atoms with E-state index in [4.69, 9.17) is 0 Å². The van der Waals surface area contributed by atoms with Gasteiger partial charge in [-0.3, -0.25) is 4.90 Å². The molecule has 0 aliphatic carbocycles. The molecule has 1 aliphatic rings. The fraction of sp³-hybridized carbons (Fsp3) is 1.00. The molecular formula is C11H24N2. The Bertz CT molecular complexity index is 117. The molecule has 0 spiro atoms. The molecule has 1 saturated heterocycles. The SMILES string of the molecule is CCC(CNC)N1CCCCCC1. The quantitative estimate of drug-likeness (QED) is 0.717. The first kappa shape index (κ1) is 11.0. The third kappa shape index (κ3) is 3.65. The van der Waals surface area contributed by atoms with Crippen LogP contribution in [0.1, 0.15) is 39.0 Å². The van der Waals surface area contributed by atoms with Crippen LogP contribution in [0.5, 0.6) is 0 Å². The Morgan fingerprint density at radius 2 is 1.77 bits per heavy atom. The van der Waals surface area contributed by atoms with Gasteiger partial charge in [-0.25, -0.2) is 0 Å². The van der Waals surface area contributed by atoms with Crippen LogP contribution in [0.25, 0.3) is 0 Å². The van der Waals surface area contributed by atoms with E-state index < -0.39 is 0 Å². The van der Waals surface area contributed by atoms with Gasteiger partial charge >= 0.3 is 0 Å². The van der Waals surface area contributed by atoms with Crippen molar-refractivity contribution in [2.45, 2.75) is 45.1 Å². The summed E-state index contributed by atoms with van der Waals surface area (Å²) in [6.07, 6.45) is 6.96. The van der Waals surface area contributed by atoms with Crippen molar-refractivity contribution < 1.29 is 0 Å². The van der Waals surface area contributed by atoms with Gasteiger partial charge in [-0.15, -0.1) is 0 Å². The molecule has 1 fully saturated rings. The molecule has 1 unspecified atom stereocenters. The molecule has 2 heteroatoms.